The van der Waals surface area contributed by atoms with E-state index in [0.29, 0.717) is 10.9 Å². The van der Waals surface area contributed by atoms with Crippen LogP contribution in [-0.4, -0.2) is 36.0 Å². The summed E-state index contributed by atoms with van der Waals surface area (Å²) in [6.45, 7) is 1.82. The Labute approximate surface area is 154 Å². The van der Waals surface area contributed by atoms with Gasteiger partial charge in [-0.2, -0.15) is 0 Å². The van der Waals surface area contributed by atoms with Crippen LogP contribution in [0.5, 0.6) is 0 Å². The highest BCUT2D eigenvalue weighted by atomic mass is 32.2. The second-order valence-electron chi connectivity index (χ2n) is 6.92. The molecule has 0 bridgehead atoms. The van der Waals surface area contributed by atoms with Gasteiger partial charge in [-0.05, 0) is 62.1 Å². The van der Waals surface area contributed by atoms with Crippen molar-refractivity contribution in [1.82, 2.24) is 0 Å². The Hall–Kier alpha value is -0.850. The normalized spacial score (nSPS) is 24.4. The molecular formula is C19H28O4S2. The Morgan fingerprint density at radius 1 is 1.08 bits per heavy atom. The van der Waals surface area contributed by atoms with Gasteiger partial charge in [0, 0.05) is 5.92 Å². The lowest BCUT2D eigenvalue weighted by Crippen LogP contribution is -2.36. The van der Waals surface area contributed by atoms with Crippen LogP contribution in [0.25, 0.3) is 0 Å². The van der Waals surface area contributed by atoms with Gasteiger partial charge < -0.3 is 4.55 Å². The molecule has 1 heterocycles. The summed E-state index contributed by atoms with van der Waals surface area (Å²) in [5, 5.41) is 0.927. The van der Waals surface area contributed by atoms with Crippen LogP contribution < -0.4 is 0 Å². The van der Waals surface area contributed by atoms with Gasteiger partial charge in [0.25, 0.3) is 0 Å². The third kappa shape index (κ3) is 6.42. The number of hydrogen-bond acceptors (Lipinski definition) is 4. The van der Waals surface area contributed by atoms with E-state index in [0.717, 1.165) is 28.8 Å². The van der Waals surface area contributed by atoms with Crippen molar-refractivity contribution in [2.24, 2.45) is 5.92 Å². The molecule has 6 heteroatoms. The maximum atomic E-state index is 10.6. The monoisotopic (exact) mass is 384 g/mol. The molecule has 0 radical (unpaired) electrons. The van der Waals surface area contributed by atoms with Gasteiger partial charge in [0.1, 0.15) is 21.1 Å². The summed E-state index contributed by atoms with van der Waals surface area (Å²) in [6, 6.07) is 5.78. The largest absolute Gasteiger partial charge is 0.744 e. The minimum absolute atomic E-state index is 0.178. The van der Waals surface area contributed by atoms with Crippen molar-refractivity contribution in [3.05, 3.63) is 29.8 Å². The molecule has 1 aliphatic carbocycles. The maximum absolute atomic E-state index is 10.6. The summed E-state index contributed by atoms with van der Waals surface area (Å²) in [5.41, 5.74) is 0.928. The summed E-state index contributed by atoms with van der Waals surface area (Å²) < 4.78 is 31.2. The predicted molar refractivity (Wildman–Crippen MR) is 102 cm³/mol. The molecule has 2 atom stereocenters. The molecule has 1 aliphatic heterocycles. The van der Waals surface area contributed by atoms with E-state index in [1.165, 1.54) is 62.8 Å². The van der Waals surface area contributed by atoms with Gasteiger partial charge in [-0.3, -0.25) is 4.79 Å². The van der Waals surface area contributed by atoms with Gasteiger partial charge in [-0.25, -0.2) is 8.42 Å². The van der Waals surface area contributed by atoms with E-state index >= 15 is 0 Å². The zero-order chi connectivity index (χ0) is 18.3. The minimum Gasteiger partial charge on any atom is -0.744 e. The Bertz CT molecular complexity index is 634. The molecule has 1 aromatic carbocycles. The molecule has 140 valence electrons. The standard InChI is InChI=1S/C12H21OS.C7H8O3S/c13-8-10-14-9-4-3-7-12(14)11-5-1-2-6-11;1-6-2-4-7(5-3-6)11(8,9)10/h8,11-12H,1-7,9-10H2;2-5H,1H3,(H,8,9,10)/q+1;/p-1. The van der Waals surface area contributed by atoms with Crippen molar-refractivity contribution >= 4 is 27.3 Å². The summed E-state index contributed by atoms with van der Waals surface area (Å²) >= 11 is 0. The molecule has 2 unspecified atom stereocenters. The first kappa shape index (κ1) is 20.5. The molecule has 0 spiro atoms. The summed E-state index contributed by atoms with van der Waals surface area (Å²) in [6.07, 6.45) is 11.2. The lowest BCUT2D eigenvalue weighted by Gasteiger charge is -2.27. The quantitative estimate of drug-likeness (QED) is 0.453. The molecule has 1 saturated carbocycles. The van der Waals surface area contributed by atoms with Crippen LogP contribution >= 0.6 is 0 Å². The Kier molecular flexibility index (Phi) is 7.97. The lowest BCUT2D eigenvalue weighted by atomic mass is 9.99. The SMILES string of the molecule is Cc1ccc(S(=O)(=O)[O-])cc1.O=CC[S+]1CCCCC1C1CCCC1. The average molecular weight is 385 g/mol. The number of aryl methyl sites for hydroxylation is 1. The van der Waals surface area contributed by atoms with E-state index < -0.39 is 10.1 Å². The Morgan fingerprint density at radius 3 is 2.24 bits per heavy atom. The second kappa shape index (κ2) is 9.74. The van der Waals surface area contributed by atoms with E-state index in [9.17, 15) is 17.8 Å². The fourth-order valence-electron chi connectivity index (χ4n) is 3.79. The lowest BCUT2D eigenvalue weighted by molar-refractivity contribution is -0.105. The fourth-order valence-corrected chi connectivity index (χ4v) is 7.04. The molecule has 0 aromatic heterocycles. The number of rotatable bonds is 4. The predicted octanol–water partition coefficient (Wildman–Crippen LogP) is 3.45. The van der Waals surface area contributed by atoms with E-state index in [2.05, 4.69) is 0 Å². The number of hydrogen-bond donors (Lipinski definition) is 0. The van der Waals surface area contributed by atoms with E-state index in [1.54, 1.807) is 12.1 Å². The third-order valence-corrected chi connectivity index (χ3v) is 8.79. The highest BCUT2D eigenvalue weighted by Gasteiger charge is 2.39. The number of benzene rings is 1. The molecule has 0 N–H and O–H groups in total. The molecule has 0 amide bonds. The number of aldehydes is 1. The van der Waals surface area contributed by atoms with Crippen LogP contribution in [-0.2, 0) is 25.8 Å². The zero-order valence-electron chi connectivity index (χ0n) is 14.9. The minimum atomic E-state index is -4.27. The highest BCUT2D eigenvalue weighted by molar-refractivity contribution is 7.98. The van der Waals surface area contributed by atoms with Crippen molar-refractivity contribution < 1.29 is 17.8 Å². The van der Waals surface area contributed by atoms with Gasteiger partial charge in [-0.1, -0.05) is 30.5 Å². The van der Waals surface area contributed by atoms with Crippen LogP contribution in [0.1, 0.15) is 50.5 Å². The third-order valence-electron chi connectivity index (χ3n) is 5.09. The van der Waals surface area contributed by atoms with Crippen LogP contribution in [0.3, 0.4) is 0 Å². The van der Waals surface area contributed by atoms with Crippen molar-refractivity contribution in [3.63, 3.8) is 0 Å². The van der Waals surface area contributed by atoms with Gasteiger partial charge in [0.05, 0.1) is 4.90 Å². The van der Waals surface area contributed by atoms with Crippen molar-refractivity contribution in [3.8, 4) is 0 Å². The maximum Gasteiger partial charge on any atom is 0.169 e. The molecule has 3 rings (SSSR count). The van der Waals surface area contributed by atoms with Crippen molar-refractivity contribution in [2.45, 2.75) is 62.0 Å². The first-order chi connectivity index (χ1) is 11.9. The van der Waals surface area contributed by atoms with E-state index in [1.807, 2.05) is 6.92 Å². The van der Waals surface area contributed by atoms with Crippen LogP contribution in [0.15, 0.2) is 29.2 Å². The Morgan fingerprint density at radius 2 is 1.68 bits per heavy atom. The van der Waals surface area contributed by atoms with Crippen LogP contribution in [0, 0.1) is 12.8 Å². The highest BCUT2D eigenvalue weighted by Crippen LogP contribution is 2.36. The molecule has 25 heavy (non-hydrogen) atoms. The van der Waals surface area contributed by atoms with Gasteiger partial charge in [-0.15, -0.1) is 0 Å². The van der Waals surface area contributed by atoms with Crippen LogP contribution in [0.4, 0.5) is 0 Å². The molecule has 4 nitrogen and oxygen atoms in total. The molecule has 1 aromatic rings. The fraction of sp³-hybridized carbons (Fsp3) is 0.632. The summed E-state index contributed by atoms with van der Waals surface area (Å²) in [7, 11) is -3.81. The van der Waals surface area contributed by atoms with Crippen LogP contribution in [0.2, 0.25) is 0 Å². The summed E-state index contributed by atoms with van der Waals surface area (Å²) in [4.78, 5) is 10.5. The summed E-state index contributed by atoms with van der Waals surface area (Å²) in [5.74, 6) is 3.19. The second-order valence-corrected chi connectivity index (χ2v) is 10.7. The van der Waals surface area contributed by atoms with E-state index in [4.69, 9.17) is 0 Å². The van der Waals surface area contributed by atoms with Crippen molar-refractivity contribution in [1.29, 1.82) is 0 Å². The van der Waals surface area contributed by atoms with Crippen molar-refractivity contribution in [2.75, 3.05) is 11.5 Å². The number of carbonyl (C=O) groups excluding carboxylic acids is 1. The molecule has 2 aliphatic rings. The average Bonchev–Trinajstić information content (AvgIpc) is 3.10. The molecular weight excluding hydrogens is 356 g/mol. The van der Waals surface area contributed by atoms with E-state index in [-0.39, 0.29) is 4.90 Å². The smallest absolute Gasteiger partial charge is 0.169 e. The van der Waals surface area contributed by atoms with Gasteiger partial charge in [0.15, 0.2) is 12.0 Å². The number of carbonyl (C=O) groups is 1. The van der Waals surface area contributed by atoms with Gasteiger partial charge in [0.2, 0.25) is 0 Å². The van der Waals surface area contributed by atoms with Gasteiger partial charge >= 0.3 is 0 Å². The topological polar surface area (TPSA) is 74.3 Å². The molecule has 2 fully saturated rings. The molecule has 1 saturated heterocycles. The first-order valence-electron chi connectivity index (χ1n) is 9.04. The first-order valence-corrected chi connectivity index (χ1v) is 12.1. The zero-order valence-corrected chi connectivity index (χ0v) is 16.5. The Balaban J connectivity index is 0.000000186.